The fourth-order valence-corrected chi connectivity index (χ4v) is 2.21. The minimum Gasteiger partial charge on any atom is -0.390 e. The lowest BCUT2D eigenvalue weighted by Gasteiger charge is -2.11. The summed E-state index contributed by atoms with van der Waals surface area (Å²) in [6.45, 7) is -0.378. The molecule has 2 heterocycles. The Hall–Kier alpha value is -2.74. The number of aromatic nitrogens is 4. The molecule has 0 amide bonds. The van der Waals surface area contributed by atoms with Crippen LogP contribution in [0.5, 0.6) is 0 Å². The summed E-state index contributed by atoms with van der Waals surface area (Å²) in [4.78, 5) is 3.90. The highest BCUT2D eigenvalue weighted by Gasteiger charge is 2.31. The summed E-state index contributed by atoms with van der Waals surface area (Å²) in [5, 5.41) is 17.1. The number of aliphatic hydroxyl groups excluding tert-OH is 1. The van der Waals surface area contributed by atoms with Crippen LogP contribution in [0, 0.1) is 0 Å². The van der Waals surface area contributed by atoms with Crippen LogP contribution in [0.1, 0.15) is 11.3 Å². The molecule has 0 fully saturated rings. The van der Waals surface area contributed by atoms with Crippen molar-refractivity contribution in [3.05, 3.63) is 60.0 Å². The molecule has 23 heavy (non-hydrogen) atoms. The molecular weight excluding hydrogens is 309 g/mol. The molecule has 3 aromatic rings. The number of hydrogen-bond acceptors (Lipinski definition) is 4. The summed E-state index contributed by atoms with van der Waals surface area (Å²) in [6, 6.07) is 8.11. The molecule has 8 heteroatoms. The van der Waals surface area contributed by atoms with Crippen LogP contribution in [-0.2, 0) is 12.8 Å². The Bertz CT molecular complexity index is 815. The predicted octanol–water partition coefficient (Wildman–Crippen LogP) is 2.84. The van der Waals surface area contributed by atoms with E-state index < -0.39 is 11.7 Å². The Labute approximate surface area is 129 Å². The van der Waals surface area contributed by atoms with Crippen LogP contribution < -0.4 is 0 Å². The zero-order valence-corrected chi connectivity index (χ0v) is 11.7. The van der Waals surface area contributed by atoms with Crippen molar-refractivity contribution in [1.29, 1.82) is 0 Å². The summed E-state index contributed by atoms with van der Waals surface area (Å²) in [5.74, 6) is 0. The van der Waals surface area contributed by atoms with Crippen molar-refractivity contribution in [2.45, 2.75) is 12.8 Å². The Morgan fingerprint density at radius 3 is 2.48 bits per heavy atom. The molecule has 0 bridgehead atoms. The van der Waals surface area contributed by atoms with Crippen LogP contribution in [-0.4, -0.2) is 25.1 Å². The largest absolute Gasteiger partial charge is 0.416 e. The number of benzene rings is 1. The number of alkyl halides is 3. The van der Waals surface area contributed by atoms with Gasteiger partial charge in [0.2, 0.25) is 0 Å². The summed E-state index contributed by atoms with van der Waals surface area (Å²) >= 11 is 0. The molecule has 2 aromatic heterocycles. The lowest BCUT2D eigenvalue weighted by molar-refractivity contribution is -0.137. The van der Waals surface area contributed by atoms with E-state index in [0.717, 1.165) is 12.1 Å². The molecule has 0 spiro atoms. The highest BCUT2D eigenvalue weighted by Crippen LogP contribution is 2.31. The second kappa shape index (κ2) is 5.81. The molecule has 0 saturated carbocycles. The van der Waals surface area contributed by atoms with Crippen LogP contribution in [0.3, 0.4) is 0 Å². The Kier molecular flexibility index (Phi) is 3.83. The van der Waals surface area contributed by atoms with Gasteiger partial charge in [-0.05, 0) is 30.3 Å². The van der Waals surface area contributed by atoms with Gasteiger partial charge in [0.25, 0.3) is 0 Å². The third-order valence-electron chi connectivity index (χ3n) is 3.26. The van der Waals surface area contributed by atoms with E-state index in [-0.39, 0.29) is 18.0 Å². The first kappa shape index (κ1) is 15.2. The summed E-state index contributed by atoms with van der Waals surface area (Å²) in [5.41, 5.74) is 0.768. The fraction of sp³-hybridized carbons (Fsp3) is 0.133. The third kappa shape index (κ3) is 2.93. The zero-order valence-electron chi connectivity index (χ0n) is 11.7. The lowest BCUT2D eigenvalue weighted by atomic mass is 10.1. The first-order valence-electron chi connectivity index (χ1n) is 6.64. The van der Waals surface area contributed by atoms with E-state index in [2.05, 4.69) is 15.3 Å². The number of nitrogens with zero attached hydrogens (tertiary/aromatic N) is 4. The standard InChI is InChI=1S/C15H11F3N4O/c16-15(17,18)11-2-1-3-12(8-11)22-14(13(9-23)20-21-22)10-4-6-19-7-5-10/h1-8,23H,9H2. The van der Waals surface area contributed by atoms with E-state index >= 15 is 0 Å². The van der Waals surface area contributed by atoms with Crippen molar-refractivity contribution in [3.63, 3.8) is 0 Å². The highest BCUT2D eigenvalue weighted by atomic mass is 19.4. The predicted molar refractivity (Wildman–Crippen MR) is 75.5 cm³/mol. The highest BCUT2D eigenvalue weighted by molar-refractivity contribution is 5.63. The van der Waals surface area contributed by atoms with Gasteiger partial charge in [0, 0.05) is 18.0 Å². The van der Waals surface area contributed by atoms with Crippen LogP contribution in [0.2, 0.25) is 0 Å². The number of aliphatic hydroxyl groups is 1. The Morgan fingerprint density at radius 1 is 1.09 bits per heavy atom. The Balaban J connectivity index is 2.17. The molecule has 0 aliphatic heterocycles. The fourth-order valence-electron chi connectivity index (χ4n) is 2.21. The molecule has 0 saturated heterocycles. The maximum absolute atomic E-state index is 12.9. The first-order valence-corrected chi connectivity index (χ1v) is 6.64. The third-order valence-corrected chi connectivity index (χ3v) is 3.26. The van der Waals surface area contributed by atoms with Gasteiger partial charge in [-0.25, -0.2) is 4.68 Å². The summed E-state index contributed by atoms with van der Waals surface area (Å²) < 4.78 is 39.9. The molecule has 3 rings (SSSR count). The molecule has 0 unspecified atom stereocenters. The molecule has 0 atom stereocenters. The van der Waals surface area contributed by atoms with E-state index in [1.54, 1.807) is 24.5 Å². The number of pyridine rings is 1. The van der Waals surface area contributed by atoms with Crippen LogP contribution >= 0.6 is 0 Å². The minimum atomic E-state index is -4.45. The second-order valence-electron chi connectivity index (χ2n) is 4.74. The molecule has 5 nitrogen and oxygen atoms in total. The SMILES string of the molecule is OCc1nnn(-c2cccc(C(F)(F)F)c2)c1-c1ccncc1. The molecule has 0 aliphatic carbocycles. The van der Waals surface area contributed by atoms with Crippen LogP contribution in [0.4, 0.5) is 13.2 Å². The van der Waals surface area contributed by atoms with Crippen molar-refractivity contribution in [2.24, 2.45) is 0 Å². The van der Waals surface area contributed by atoms with Gasteiger partial charge in [-0.3, -0.25) is 4.98 Å². The van der Waals surface area contributed by atoms with E-state index in [1.165, 1.54) is 16.8 Å². The number of halogens is 3. The Morgan fingerprint density at radius 2 is 1.83 bits per heavy atom. The van der Waals surface area contributed by atoms with Gasteiger partial charge in [-0.15, -0.1) is 5.10 Å². The van der Waals surface area contributed by atoms with Crippen molar-refractivity contribution >= 4 is 0 Å². The summed E-state index contributed by atoms with van der Waals surface area (Å²) in [7, 11) is 0. The van der Waals surface area contributed by atoms with Gasteiger partial charge in [0.1, 0.15) is 11.4 Å². The molecule has 1 N–H and O–H groups in total. The number of hydrogen-bond donors (Lipinski definition) is 1. The van der Waals surface area contributed by atoms with Crippen molar-refractivity contribution in [1.82, 2.24) is 20.0 Å². The normalized spacial score (nSPS) is 11.7. The quantitative estimate of drug-likeness (QED) is 0.806. The van der Waals surface area contributed by atoms with Gasteiger partial charge in [-0.1, -0.05) is 11.3 Å². The average molecular weight is 320 g/mol. The van der Waals surface area contributed by atoms with Crippen molar-refractivity contribution in [2.75, 3.05) is 0 Å². The molecular formula is C15H11F3N4O. The van der Waals surface area contributed by atoms with Gasteiger partial charge in [-0.2, -0.15) is 13.2 Å². The van der Waals surface area contributed by atoms with Gasteiger partial charge in [0.05, 0.1) is 17.9 Å². The number of rotatable bonds is 3. The van der Waals surface area contributed by atoms with Crippen LogP contribution in [0.15, 0.2) is 48.8 Å². The van der Waals surface area contributed by atoms with E-state index in [0.29, 0.717) is 11.3 Å². The molecule has 1 aromatic carbocycles. The van der Waals surface area contributed by atoms with Gasteiger partial charge in [0.15, 0.2) is 0 Å². The first-order chi connectivity index (χ1) is 11.0. The zero-order chi connectivity index (χ0) is 16.4. The van der Waals surface area contributed by atoms with Crippen molar-refractivity contribution in [3.8, 4) is 16.9 Å². The van der Waals surface area contributed by atoms with Crippen molar-refractivity contribution < 1.29 is 18.3 Å². The maximum atomic E-state index is 12.9. The molecule has 0 radical (unpaired) electrons. The second-order valence-corrected chi connectivity index (χ2v) is 4.74. The monoisotopic (exact) mass is 320 g/mol. The topological polar surface area (TPSA) is 63.8 Å². The van der Waals surface area contributed by atoms with Crippen LogP contribution in [0.25, 0.3) is 16.9 Å². The molecule has 0 aliphatic rings. The molecule has 118 valence electrons. The minimum absolute atomic E-state index is 0.207. The van der Waals surface area contributed by atoms with Gasteiger partial charge >= 0.3 is 6.18 Å². The summed E-state index contributed by atoms with van der Waals surface area (Å²) in [6.07, 6.45) is -1.37. The smallest absolute Gasteiger partial charge is 0.390 e. The maximum Gasteiger partial charge on any atom is 0.416 e. The van der Waals surface area contributed by atoms with Gasteiger partial charge < -0.3 is 5.11 Å². The van der Waals surface area contributed by atoms with E-state index in [9.17, 15) is 18.3 Å². The van der Waals surface area contributed by atoms with E-state index in [4.69, 9.17) is 0 Å². The van der Waals surface area contributed by atoms with E-state index in [1.807, 2.05) is 0 Å². The lowest BCUT2D eigenvalue weighted by Crippen LogP contribution is -2.07. The average Bonchev–Trinajstić information content (AvgIpc) is 2.99.